The first kappa shape index (κ1) is 10.1. The first-order valence-corrected chi connectivity index (χ1v) is 5.49. The summed E-state index contributed by atoms with van der Waals surface area (Å²) in [4.78, 5) is 15.9. The van der Waals surface area contributed by atoms with Gasteiger partial charge in [0.25, 0.3) is 0 Å². The molecule has 0 saturated heterocycles. The first-order valence-electron chi connectivity index (χ1n) is 5.49. The second-order valence-electron chi connectivity index (χ2n) is 4.27. The number of anilines is 1. The van der Waals surface area contributed by atoms with Gasteiger partial charge in [-0.3, -0.25) is 0 Å². The van der Waals surface area contributed by atoms with E-state index in [4.69, 9.17) is 4.74 Å². The zero-order valence-electron chi connectivity index (χ0n) is 9.70. The van der Waals surface area contributed by atoms with Crippen molar-refractivity contribution >= 4 is 23.1 Å². The van der Waals surface area contributed by atoms with Crippen molar-refractivity contribution in [1.82, 2.24) is 0 Å². The molecule has 0 atom stereocenters. The summed E-state index contributed by atoms with van der Waals surface area (Å²) in [7, 11) is 0. The monoisotopic (exact) mass is 228 g/mol. The Morgan fingerprint density at radius 1 is 1.35 bits per heavy atom. The molecule has 0 fully saturated rings. The minimum absolute atomic E-state index is 0.309. The van der Waals surface area contributed by atoms with E-state index in [1.54, 1.807) is 0 Å². The fourth-order valence-corrected chi connectivity index (χ4v) is 2.12. The minimum Gasteiger partial charge on any atom is -0.456 e. The van der Waals surface area contributed by atoms with Crippen molar-refractivity contribution in [1.29, 1.82) is 0 Å². The van der Waals surface area contributed by atoms with Gasteiger partial charge >= 0.3 is 5.97 Å². The van der Waals surface area contributed by atoms with Crippen LogP contribution in [0, 0.1) is 6.92 Å². The fraction of sp³-hybridized carbons (Fsp3) is 0.231. The average molecular weight is 228 g/mol. The fourth-order valence-electron chi connectivity index (χ4n) is 2.12. The molecule has 0 radical (unpaired) electrons. The second kappa shape index (κ2) is 3.45. The zero-order chi connectivity index (χ0) is 12.0. The molecule has 1 aromatic carbocycles. The summed E-state index contributed by atoms with van der Waals surface area (Å²) in [5, 5.41) is 3.20. The number of aliphatic imine (C=N–C) groups is 1. The molecule has 0 spiro atoms. The minimum atomic E-state index is -0.337. The van der Waals surface area contributed by atoms with Gasteiger partial charge in [-0.2, -0.15) is 0 Å². The van der Waals surface area contributed by atoms with Gasteiger partial charge in [0.2, 0.25) is 0 Å². The van der Waals surface area contributed by atoms with Crippen LogP contribution in [0.15, 0.2) is 28.9 Å². The number of carbonyl (C=O) groups excluding carboxylic acids is 1. The van der Waals surface area contributed by atoms with Gasteiger partial charge in [0.05, 0.1) is 0 Å². The van der Waals surface area contributed by atoms with Crippen molar-refractivity contribution in [3.63, 3.8) is 0 Å². The van der Waals surface area contributed by atoms with Gasteiger partial charge < -0.3 is 10.1 Å². The smallest absolute Gasteiger partial charge is 0.357 e. The van der Waals surface area contributed by atoms with Gasteiger partial charge in [-0.25, -0.2) is 9.79 Å². The number of carbonyl (C=O) groups is 1. The molecule has 0 aliphatic carbocycles. The molecule has 0 bridgehead atoms. The Bertz CT molecular complexity index is 585. The Labute approximate surface area is 99.0 Å². The van der Waals surface area contributed by atoms with E-state index < -0.39 is 0 Å². The maximum atomic E-state index is 11.6. The normalized spacial score (nSPS) is 17.8. The third-order valence-electron chi connectivity index (χ3n) is 2.92. The number of aryl methyl sites for hydroxylation is 1. The molecule has 4 heteroatoms. The number of esters is 1. The Morgan fingerprint density at radius 2 is 2.18 bits per heavy atom. The summed E-state index contributed by atoms with van der Waals surface area (Å²) in [6.07, 6.45) is 0. The maximum Gasteiger partial charge on any atom is 0.357 e. The molecule has 0 aromatic heterocycles. The largest absolute Gasteiger partial charge is 0.456 e. The number of nitrogens with one attached hydrogen (secondary N) is 1. The average Bonchev–Trinajstić information content (AvgIpc) is 2.56. The van der Waals surface area contributed by atoms with E-state index in [1.165, 1.54) is 0 Å². The van der Waals surface area contributed by atoms with Gasteiger partial charge in [0, 0.05) is 16.8 Å². The molecule has 86 valence electrons. The van der Waals surface area contributed by atoms with Gasteiger partial charge in [-0.15, -0.1) is 0 Å². The number of nitrogens with zero attached hydrogens (tertiary/aromatic N) is 1. The highest BCUT2D eigenvalue weighted by atomic mass is 16.5. The van der Waals surface area contributed by atoms with Crippen LogP contribution >= 0.6 is 0 Å². The van der Waals surface area contributed by atoms with Gasteiger partial charge in [0.1, 0.15) is 12.4 Å². The Balaban J connectivity index is 2.27. The predicted octanol–water partition coefficient (Wildman–Crippen LogP) is 2.11. The summed E-state index contributed by atoms with van der Waals surface area (Å²) >= 11 is 0. The first-order chi connectivity index (χ1) is 8.15. The lowest BCUT2D eigenvalue weighted by atomic mass is 10.0. The van der Waals surface area contributed by atoms with E-state index in [1.807, 2.05) is 32.0 Å². The highest BCUT2D eigenvalue weighted by molar-refractivity contribution is 6.09. The van der Waals surface area contributed by atoms with Crippen molar-refractivity contribution in [3.8, 4) is 0 Å². The van der Waals surface area contributed by atoms with Crippen molar-refractivity contribution in [2.45, 2.75) is 13.8 Å². The number of hydrogen-bond acceptors (Lipinski definition) is 4. The zero-order valence-corrected chi connectivity index (χ0v) is 9.70. The summed E-state index contributed by atoms with van der Waals surface area (Å²) in [6, 6.07) is 6.08. The molecule has 0 saturated carbocycles. The molecule has 1 aromatic rings. The summed E-state index contributed by atoms with van der Waals surface area (Å²) in [5.41, 5.74) is 4.43. The third-order valence-corrected chi connectivity index (χ3v) is 2.92. The van der Waals surface area contributed by atoms with E-state index in [-0.39, 0.29) is 5.97 Å². The Hall–Kier alpha value is -2.10. The molecular weight excluding hydrogens is 216 g/mol. The van der Waals surface area contributed by atoms with Crippen LogP contribution in [0.1, 0.15) is 18.1 Å². The SMILES string of the molecule is CC1=NC2=C(COC2=O)c2cc(C)ccc2N1. The van der Waals surface area contributed by atoms with E-state index in [2.05, 4.69) is 10.3 Å². The molecule has 2 heterocycles. The number of ether oxygens (including phenoxy) is 1. The lowest BCUT2D eigenvalue weighted by molar-refractivity contribution is -0.135. The molecule has 0 amide bonds. The molecule has 2 aliphatic rings. The molecular formula is C13H12N2O2. The molecule has 0 unspecified atom stereocenters. The van der Waals surface area contributed by atoms with Crippen LogP contribution in [0.5, 0.6) is 0 Å². The third kappa shape index (κ3) is 1.53. The van der Waals surface area contributed by atoms with Crippen LogP contribution in [0.3, 0.4) is 0 Å². The van der Waals surface area contributed by atoms with Crippen LogP contribution < -0.4 is 5.32 Å². The van der Waals surface area contributed by atoms with Gasteiger partial charge in [0.15, 0.2) is 5.70 Å². The lowest BCUT2D eigenvalue weighted by Gasteiger charge is -2.10. The summed E-state index contributed by atoms with van der Waals surface area (Å²) < 4.78 is 5.05. The van der Waals surface area contributed by atoms with Crippen LogP contribution in [-0.2, 0) is 9.53 Å². The summed E-state index contributed by atoms with van der Waals surface area (Å²) in [5.74, 6) is 0.370. The van der Waals surface area contributed by atoms with Crippen molar-refractivity contribution in [2.75, 3.05) is 11.9 Å². The molecule has 3 rings (SSSR count). The van der Waals surface area contributed by atoms with Crippen LogP contribution in [0.25, 0.3) is 5.57 Å². The topological polar surface area (TPSA) is 50.7 Å². The number of rotatable bonds is 0. The van der Waals surface area contributed by atoms with Gasteiger partial charge in [-0.05, 0) is 26.0 Å². The highest BCUT2D eigenvalue weighted by Crippen LogP contribution is 2.34. The molecule has 4 nitrogen and oxygen atoms in total. The highest BCUT2D eigenvalue weighted by Gasteiger charge is 2.29. The summed E-state index contributed by atoms with van der Waals surface area (Å²) in [6.45, 7) is 4.17. The number of cyclic esters (lactones) is 1. The molecule has 2 aliphatic heterocycles. The quantitative estimate of drug-likeness (QED) is 0.692. The van der Waals surface area contributed by atoms with Crippen molar-refractivity contribution in [2.24, 2.45) is 4.99 Å². The van der Waals surface area contributed by atoms with E-state index in [9.17, 15) is 4.79 Å². The molecule has 1 N–H and O–H groups in total. The van der Waals surface area contributed by atoms with E-state index >= 15 is 0 Å². The van der Waals surface area contributed by atoms with Gasteiger partial charge in [-0.1, -0.05) is 11.6 Å². The number of fused-ring (bicyclic) bond motifs is 2. The Morgan fingerprint density at radius 3 is 3.00 bits per heavy atom. The van der Waals surface area contributed by atoms with E-state index in [0.29, 0.717) is 18.1 Å². The lowest BCUT2D eigenvalue weighted by Crippen LogP contribution is -2.09. The number of benzene rings is 1. The predicted molar refractivity (Wildman–Crippen MR) is 65.8 cm³/mol. The standard InChI is InChI=1S/C13H12N2O2/c1-7-3-4-11-9(5-7)10-6-17-13(16)12(10)15-8(2)14-11/h3-5H,6H2,1-2H3,(H,14,15). The number of amidine groups is 1. The van der Waals surface area contributed by atoms with Crippen LogP contribution in [0.2, 0.25) is 0 Å². The Kier molecular flexibility index (Phi) is 2.04. The van der Waals surface area contributed by atoms with Crippen molar-refractivity contribution in [3.05, 3.63) is 35.0 Å². The second-order valence-corrected chi connectivity index (χ2v) is 4.27. The van der Waals surface area contributed by atoms with Crippen molar-refractivity contribution < 1.29 is 9.53 Å². The number of hydrogen-bond donors (Lipinski definition) is 1. The van der Waals surface area contributed by atoms with Crippen LogP contribution in [-0.4, -0.2) is 18.4 Å². The molecule has 17 heavy (non-hydrogen) atoms. The van der Waals surface area contributed by atoms with Crippen LogP contribution in [0.4, 0.5) is 5.69 Å². The van der Waals surface area contributed by atoms with E-state index in [0.717, 1.165) is 22.4 Å². The maximum absolute atomic E-state index is 11.6.